The SMILES string of the molecule is NNC(CSc1ccc(Br)cc1)Cc1ccc(Br)cc1F. The standard InChI is InChI=1S/C15H15Br2FN2S/c16-11-3-5-14(6-4-11)21-9-13(20-19)7-10-1-2-12(17)8-15(10)18/h1-6,8,13,20H,7,9,19H2. The van der Waals surface area contributed by atoms with Gasteiger partial charge in [-0.05, 0) is 48.4 Å². The Labute approximate surface area is 144 Å². The van der Waals surface area contributed by atoms with Crippen LogP contribution in [0.4, 0.5) is 4.39 Å². The molecule has 6 heteroatoms. The van der Waals surface area contributed by atoms with Crippen molar-refractivity contribution in [1.29, 1.82) is 0 Å². The molecule has 0 aliphatic rings. The number of halogens is 3. The fourth-order valence-corrected chi connectivity index (χ4v) is 3.38. The summed E-state index contributed by atoms with van der Waals surface area (Å²) < 4.78 is 15.6. The zero-order valence-corrected chi connectivity index (χ0v) is 15.1. The summed E-state index contributed by atoms with van der Waals surface area (Å²) in [7, 11) is 0. The van der Waals surface area contributed by atoms with E-state index >= 15 is 0 Å². The van der Waals surface area contributed by atoms with Crippen LogP contribution in [-0.4, -0.2) is 11.8 Å². The molecular formula is C15H15Br2FN2S. The van der Waals surface area contributed by atoms with Crippen LogP contribution in [0.1, 0.15) is 5.56 Å². The second kappa shape index (κ2) is 8.29. The smallest absolute Gasteiger partial charge is 0.127 e. The Morgan fingerprint density at radius 2 is 1.76 bits per heavy atom. The summed E-state index contributed by atoms with van der Waals surface area (Å²) >= 11 is 8.36. The second-order valence-corrected chi connectivity index (χ2v) is 7.49. The van der Waals surface area contributed by atoms with E-state index < -0.39 is 0 Å². The monoisotopic (exact) mass is 432 g/mol. The lowest BCUT2D eigenvalue weighted by Crippen LogP contribution is -2.38. The summed E-state index contributed by atoms with van der Waals surface area (Å²) in [5.41, 5.74) is 3.43. The maximum Gasteiger partial charge on any atom is 0.127 e. The Morgan fingerprint density at radius 1 is 1.10 bits per heavy atom. The van der Waals surface area contributed by atoms with Gasteiger partial charge in [-0.25, -0.2) is 4.39 Å². The number of benzene rings is 2. The largest absolute Gasteiger partial charge is 0.271 e. The fraction of sp³-hybridized carbons (Fsp3) is 0.200. The highest BCUT2D eigenvalue weighted by Gasteiger charge is 2.12. The minimum atomic E-state index is -0.210. The van der Waals surface area contributed by atoms with Crippen molar-refractivity contribution in [3.8, 4) is 0 Å². The summed E-state index contributed by atoms with van der Waals surface area (Å²) in [6.45, 7) is 0. The molecule has 2 rings (SSSR count). The molecule has 0 aliphatic heterocycles. The van der Waals surface area contributed by atoms with Crippen molar-refractivity contribution in [2.24, 2.45) is 5.84 Å². The molecule has 1 atom stereocenters. The Morgan fingerprint density at radius 3 is 2.38 bits per heavy atom. The van der Waals surface area contributed by atoms with Crippen LogP contribution in [0.5, 0.6) is 0 Å². The Bertz CT molecular complexity index is 593. The zero-order chi connectivity index (χ0) is 15.2. The van der Waals surface area contributed by atoms with Crippen molar-refractivity contribution in [2.45, 2.75) is 17.4 Å². The lowest BCUT2D eigenvalue weighted by Gasteiger charge is -2.16. The van der Waals surface area contributed by atoms with E-state index in [2.05, 4.69) is 37.3 Å². The van der Waals surface area contributed by atoms with Crippen LogP contribution >= 0.6 is 43.6 Å². The van der Waals surface area contributed by atoms with Crippen LogP contribution in [0.3, 0.4) is 0 Å². The lowest BCUT2D eigenvalue weighted by molar-refractivity contribution is 0.546. The van der Waals surface area contributed by atoms with Crippen LogP contribution in [0.25, 0.3) is 0 Å². The zero-order valence-electron chi connectivity index (χ0n) is 11.2. The number of hydrogen-bond donors (Lipinski definition) is 2. The number of hydrogen-bond acceptors (Lipinski definition) is 3. The van der Waals surface area contributed by atoms with Gasteiger partial charge < -0.3 is 0 Å². The average molecular weight is 434 g/mol. The van der Waals surface area contributed by atoms with Crippen molar-refractivity contribution in [2.75, 3.05) is 5.75 Å². The predicted octanol–water partition coefficient (Wildman–Crippen LogP) is 4.52. The van der Waals surface area contributed by atoms with Crippen LogP contribution in [0.2, 0.25) is 0 Å². The summed E-state index contributed by atoms with van der Waals surface area (Å²) in [6.07, 6.45) is 0.555. The molecule has 112 valence electrons. The van der Waals surface area contributed by atoms with Gasteiger partial charge in [0, 0.05) is 25.6 Å². The van der Waals surface area contributed by atoms with Gasteiger partial charge in [-0.15, -0.1) is 11.8 Å². The molecule has 2 aromatic carbocycles. The molecule has 0 amide bonds. The van der Waals surface area contributed by atoms with Crippen LogP contribution in [-0.2, 0) is 6.42 Å². The number of hydrazine groups is 1. The maximum atomic E-state index is 13.8. The number of thioether (sulfide) groups is 1. The van der Waals surface area contributed by atoms with Crippen LogP contribution < -0.4 is 11.3 Å². The molecule has 0 bridgehead atoms. The molecule has 3 N–H and O–H groups in total. The van der Waals surface area contributed by atoms with Gasteiger partial charge in [0.15, 0.2) is 0 Å². The van der Waals surface area contributed by atoms with Gasteiger partial charge in [-0.1, -0.05) is 37.9 Å². The normalized spacial score (nSPS) is 12.4. The van der Waals surface area contributed by atoms with Crippen LogP contribution in [0.15, 0.2) is 56.3 Å². The van der Waals surface area contributed by atoms with E-state index in [0.29, 0.717) is 12.0 Å². The molecule has 0 heterocycles. The van der Waals surface area contributed by atoms with E-state index in [1.165, 1.54) is 6.07 Å². The van der Waals surface area contributed by atoms with E-state index in [-0.39, 0.29) is 11.9 Å². The first-order valence-corrected chi connectivity index (χ1v) is 8.94. The molecular weight excluding hydrogens is 419 g/mol. The first kappa shape index (κ1) is 17.0. The predicted molar refractivity (Wildman–Crippen MR) is 93.8 cm³/mol. The van der Waals surface area contributed by atoms with Crippen molar-refractivity contribution in [3.63, 3.8) is 0 Å². The van der Waals surface area contributed by atoms with Crippen molar-refractivity contribution in [1.82, 2.24) is 5.43 Å². The Hall–Kier alpha value is -0.400. The molecule has 0 aromatic heterocycles. The average Bonchev–Trinajstić information content (AvgIpc) is 2.47. The molecule has 0 saturated carbocycles. The molecule has 0 saturated heterocycles. The minimum absolute atomic E-state index is 0.00863. The third-order valence-corrected chi connectivity index (χ3v) is 5.18. The summed E-state index contributed by atoms with van der Waals surface area (Å²) in [4.78, 5) is 1.16. The minimum Gasteiger partial charge on any atom is -0.271 e. The van der Waals surface area contributed by atoms with Gasteiger partial charge in [0.2, 0.25) is 0 Å². The van der Waals surface area contributed by atoms with Crippen molar-refractivity contribution < 1.29 is 4.39 Å². The molecule has 0 fully saturated rings. The highest BCUT2D eigenvalue weighted by molar-refractivity contribution is 9.10. The number of rotatable bonds is 6. The Balaban J connectivity index is 1.95. The quantitative estimate of drug-likeness (QED) is 0.399. The lowest BCUT2D eigenvalue weighted by atomic mass is 10.1. The highest BCUT2D eigenvalue weighted by Crippen LogP contribution is 2.23. The second-order valence-electron chi connectivity index (χ2n) is 4.57. The van der Waals surface area contributed by atoms with Gasteiger partial charge in [0.1, 0.15) is 5.82 Å². The van der Waals surface area contributed by atoms with E-state index in [0.717, 1.165) is 19.6 Å². The summed E-state index contributed by atoms with van der Waals surface area (Å²) in [6, 6.07) is 13.2. The van der Waals surface area contributed by atoms with E-state index in [1.807, 2.05) is 30.3 Å². The van der Waals surface area contributed by atoms with Crippen LogP contribution in [0, 0.1) is 5.82 Å². The topological polar surface area (TPSA) is 38.0 Å². The Kier molecular flexibility index (Phi) is 6.70. The van der Waals surface area contributed by atoms with E-state index in [4.69, 9.17) is 5.84 Å². The number of nitrogens with two attached hydrogens (primary N) is 1. The van der Waals surface area contributed by atoms with Gasteiger partial charge in [-0.2, -0.15) is 0 Å². The fourth-order valence-electron chi connectivity index (χ4n) is 1.85. The van der Waals surface area contributed by atoms with Gasteiger partial charge >= 0.3 is 0 Å². The summed E-state index contributed by atoms with van der Waals surface area (Å²) in [5, 5.41) is 0. The molecule has 2 nitrogen and oxygen atoms in total. The van der Waals surface area contributed by atoms with E-state index in [1.54, 1.807) is 17.8 Å². The molecule has 0 spiro atoms. The van der Waals surface area contributed by atoms with Crippen molar-refractivity contribution >= 4 is 43.6 Å². The third kappa shape index (κ3) is 5.38. The number of nitrogens with one attached hydrogen (secondary N) is 1. The third-order valence-electron chi connectivity index (χ3n) is 2.98. The summed E-state index contributed by atoms with van der Waals surface area (Å²) in [5.74, 6) is 6.15. The van der Waals surface area contributed by atoms with Gasteiger partial charge in [0.25, 0.3) is 0 Å². The molecule has 0 radical (unpaired) electrons. The molecule has 0 aliphatic carbocycles. The maximum absolute atomic E-state index is 13.8. The first-order valence-electron chi connectivity index (χ1n) is 6.37. The highest BCUT2D eigenvalue weighted by atomic mass is 79.9. The van der Waals surface area contributed by atoms with Gasteiger partial charge in [0.05, 0.1) is 0 Å². The van der Waals surface area contributed by atoms with E-state index in [9.17, 15) is 4.39 Å². The molecule has 21 heavy (non-hydrogen) atoms. The molecule has 2 aromatic rings. The first-order chi connectivity index (χ1) is 10.1. The van der Waals surface area contributed by atoms with Gasteiger partial charge in [-0.3, -0.25) is 11.3 Å². The van der Waals surface area contributed by atoms with Crippen molar-refractivity contribution in [3.05, 3.63) is 62.8 Å². The molecule has 1 unspecified atom stereocenters.